The first-order valence-corrected chi connectivity index (χ1v) is 9.65. The van der Waals surface area contributed by atoms with Gasteiger partial charge in [0.2, 0.25) is 10.0 Å². The zero-order valence-electron chi connectivity index (χ0n) is 13.8. The van der Waals surface area contributed by atoms with E-state index in [1.165, 1.54) is 18.2 Å². The van der Waals surface area contributed by atoms with E-state index in [2.05, 4.69) is 9.62 Å². The van der Waals surface area contributed by atoms with Crippen molar-refractivity contribution < 1.29 is 17.5 Å². The molecule has 7 heteroatoms. The van der Waals surface area contributed by atoms with Crippen LogP contribution in [0.2, 0.25) is 0 Å². The minimum Gasteiger partial charge on any atom is -0.379 e. The highest BCUT2D eigenvalue weighted by Crippen LogP contribution is 2.15. The van der Waals surface area contributed by atoms with Gasteiger partial charge >= 0.3 is 0 Å². The van der Waals surface area contributed by atoms with Crippen molar-refractivity contribution >= 4 is 10.0 Å². The Kier molecular flexibility index (Phi) is 5.80. The fourth-order valence-electron chi connectivity index (χ4n) is 2.77. The van der Waals surface area contributed by atoms with Crippen LogP contribution < -0.4 is 4.72 Å². The molecule has 1 saturated heterocycles. The molecule has 0 aliphatic carbocycles. The van der Waals surface area contributed by atoms with Crippen LogP contribution in [0.4, 0.5) is 4.39 Å². The van der Waals surface area contributed by atoms with Crippen molar-refractivity contribution in [3.05, 3.63) is 65.5 Å². The second kappa shape index (κ2) is 8.05. The van der Waals surface area contributed by atoms with Crippen molar-refractivity contribution in [2.24, 2.45) is 0 Å². The second-order valence-corrected chi connectivity index (χ2v) is 7.71. The lowest BCUT2D eigenvalue weighted by Gasteiger charge is -2.27. The summed E-state index contributed by atoms with van der Waals surface area (Å²) in [4.78, 5) is 2.21. The standard InChI is InChI=1S/C18H21FN2O3S/c19-17-6-3-7-18(12-17)25(22,23)20-13-15-4-1-2-5-16(15)14-21-8-10-24-11-9-21/h1-7,12,20H,8-11,13-14H2. The molecule has 1 N–H and O–H groups in total. The fraction of sp³-hybridized carbons (Fsp3) is 0.333. The molecule has 25 heavy (non-hydrogen) atoms. The summed E-state index contributed by atoms with van der Waals surface area (Å²) in [5.74, 6) is -0.574. The van der Waals surface area contributed by atoms with Crippen LogP contribution in [0.15, 0.2) is 53.4 Å². The molecule has 1 fully saturated rings. The Bertz CT molecular complexity index is 821. The van der Waals surface area contributed by atoms with Gasteiger partial charge in [0.15, 0.2) is 0 Å². The number of benzene rings is 2. The van der Waals surface area contributed by atoms with Gasteiger partial charge in [-0.25, -0.2) is 17.5 Å². The van der Waals surface area contributed by atoms with Crippen LogP contribution in [-0.4, -0.2) is 39.6 Å². The number of nitrogens with one attached hydrogen (secondary N) is 1. The molecule has 0 bridgehead atoms. The number of hydrogen-bond acceptors (Lipinski definition) is 4. The SMILES string of the molecule is O=S(=O)(NCc1ccccc1CN1CCOCC1)c1cccc(F)c1. The van der Waals surface area contributed by atoms with Gasteiger partial charge in [0.25, 0.3) is 0 Å². The average Bonchev–Trinajstić information content (AvgIpc) is 2.62. The normalized spacial score (nSPS) is 16.0. The summed E-state index contributed by atoms with van der Waals surface area (Å²) in [5.41, 5.74) is 1.99. The van der Waals surface area contributed by atoms with Crippen LogP contribution in [0.5, 0.6) is 0 Å². The highest BCUT2D eigenvalue weighted by Gasteiger charge is 2.16. The molecular weight excluding hydrogens is 343 g/mol. The van der Waals surface area contributed by atoms with Crippen LogP contribution in [0.3, 0.4) is 0 Å². The van der Waals surface area contributed by atoms with E-state index in [1.54, 1.807) is 0 Å². The molecule has 1 aliphatic rings. The molecule has 0 atom stereocenters. The molecule has 0 amide bonds. The lowest BCUT2D eigenvalue weighted by molar-refractivity contribution is 0.0341. The van der Waals surface area contributed by atoms with Gasteiger partial charge in [0, 0.05) is 26.2 Å². The molecule has 5 nitrogen and oxygen atoms in total. The third kappa shape index (κ3) is 4.85. The van der Waals surface area contributed by atoms with Gasteiger partial charge in [-0.15, -0.1) is 0 Å². The van der Waals surface area contributed by atoms with E-state index in [0.29, 0.717) is 13.2 Å². The van der Waals surface area contributed by atoms with Gasteiger partial charge in [-0.2, -0.15) is 0 Å². The van der Waals surface area contributed by atoms with Crippen molar-refractivity contribution in [1.29, 1.82) is 0 Å². The number of sulfonamides is 1. The molecule has 0 spiro atoms. The largest absolute Gasteiger partial charge is 0.379 e. The van der Waals surface area contributed by atoms with Crippen molar-refractivity contribution in [2.45, 2.75) is 18.0 Å². The Balaban J connectivity index is 1.70. The quantitative estimate of drug-likeness (QED) is 0.853. The summed E-state index contributed by atoms with van der Waals surface area (Å²) in [5, 5.41) is 0. The summed E-state index contributed by atoms with van der Waals surface area (Å²) in [6, 6.07) is 12.7. The number of nitrogens with zero attached hydrogens (tertiary/aromatic N) is 1. The molecule has 1 aliphatic heterocycles. The van der Waals surface area contributed by atoms with Crippen molar-refractivity contribution in [1.82, 2.24) is 9.62 Å². The molecule has 3 rings (SSSR count). The summed E-state index contributed by atoms with van der Waals surface area (Å²) >= 11 is 0. The molecular formula is C18H21FN2O3S. The number of hydrogen-bond donors (Lipinski definition) is 1. The van der Waals surface area contributed by atoms with Crippen molar-refractivity contribution in [3.63, 3.8) is 0 Å². The van der Waals surface area contributed by atoms with Gasteiger partial charge in [-0.3, -0.25) is 4.90 Å². The van der Waals surface area contributed by atoms with E-state index in [1.807, 2.05) is 24.3 Å². The van der Waals surface area contributed by atoms with Crippen LogP contribution in [-0.2, 0) is 27.8 Å². The number of rotatable bonds is 6. The highest BCUT2D eigenvalue weighted by atomic mass is 32.2. The van der Waals surface area contributed by atoms with E-state index < -0.39 is 15.8 Å². The second-order valence-electron chi connectivity index (χ2n) is 5.94. The Morgan fingerprint density at radius 2 is 1.76 bits per heavy atom. The minimum absolute atomic E-state index is 0.0711. The molecule has 0 unspecified atom stereocenters. The monoisotopic (exact) mass is 364 g/mol. The molecule has 0 radical (unpaired) electrons. The van der Waals surface area contributed by atoms with Crippen molar-refractivity contribution in [2.75, 3.05) is 26.3 Å². The zero-order valence-corrected chi connectivity index (χ0v) is 14.6. The summed E-state index contributed by atoms with van der Waals surface area (Å²) < 4.78 is 45.9. The van der Waals surface area contributed by atoms with E-state index in [0.717, 1.165) is 36.8 Å². The average molecular weight is 364 g/mol. The molecule has 2 aromatic carbocycles. The molecule has 2 aromatic rings. The Labute approximate surface area is 147 Å². The van der Waals surface area contributed by atoms with E-state index in [-0.39, 0.29) is 11.4 Å². The third-order valence-electron chi connectivity index (χ3n) is 4.18. The first kappa shape index (κ1) is 18.0. The number of morpholine rings is 1. The first-order valence-electron chi connectivity index (χ1n) is 8.17. The lowest BCUT2D eigenvalue weighted by atomic mass is 10.1. The van der Waals surface area contributed by atoms with Gasteiger partial charge < -0.3 is 4.74 Å². The van der Waals surface area contributed by atoms with Crippen LogP contribution in [0.1, 0.15) is 11.1 Å². The maximum Gasteiger partial charge on any atom is 0.240 e. The van der Waals surface area contributed by atoms with Crippen LogP contribution >= 0.6 is 0 Å². The maximum atomic E-state index is 13.3. The Morgan fingerprint density at radius 1 is 1.04 bits per heavy atom. The predicted molar refractivity (Wildman–Crippen MR) is 93.0 cm³/mol. The van der Waals surface area contributed by atoms with E-state index in [9.17, 15) is 12.8 Å². The van der Waals surface area contributed by atoms with Gasteiger partial charge in [0.1, 0.15) is 5.82 Å². The van der Waals surface area contributed by atoms with Crippen LogP contribution in [0, 0.1) is 5.82 Å². The predicted octanol–water partition coefficient (Wildman–Crippen LogP) is 2.14. The number of halogens is 1. The smallest absolute Gasteiger partial charge is 0.240 e. The molecule has 0 saturated carbocycles. The molecule has 1 heterocycles. The first-order chi connectivity index (χ1) is 12.0. The van der Waals surface area contributed by atoms with Crippen molar-refractivity contribution in [3.8, 4) is 0 Å². The Morgan fingerprint density at radius 3 is 2.48 bits per heavy atom. The topological polar surface area (TPSA) is 58.6 Å². The molecule has 134 valence electrons. The highest BCUT2D eigenvalue weighted by molar-refractivity contribution is 7.89. The van der Waals surface area contributed by atoms with Gasteiger partial charge in [0.05, 0.1) is 18.1 Å². The molecule has 0 aromatic heterocycles. The van der Waals surface area contributed by atoms with E-state index in [4.69, 9.17) is 4.74 Å². The minimum atomic E-state index is -3.75. The zero-order chi connectivity index (χ0) is 17.7. The van der Waals surface area contributed by atoms with Gasteiger partial charge in [-0.05, 0) is 29.3 Å². The fourth-order valence-corrected chi connectivity index (χ4v) is 3.81. The third-order valence-corrected chi connectivity index (χ3v) is 5.57. The number of ether oxygens (including phenoxy) is 1. The maximum absolute atomic E-state index is 13.3. The van der Waals surface area contributed by atoms with Gasteiger partial charge in [-0.1, -0.05) is 30.3 Å². The lowest BCUT2D eigenvalue weighted by Crippen LogP contribution is -2.36. The van der Waals surface area contributed by atoms with Crippen LogP contribution in [0.25, 0.3) is 0 Å². The Hall–Kier alpha value is -1.80. The summed E-state index contributed by atoms with van der Waals surface area (Å²) in [7, 11) is -3.75. The summed E-state index contributed by atoms with van der Waals surface area (Å²) in [6.07, 6.45) is 0. The van der Waals surface area contributed by atoms with E-state index >= 15 is 0 Å². The summed E-state index contributed by atoms with van der Waals surface area (Å²) in [6.45, 7) is 4.08.